The first kappa shape index (κ1) is 13.0. The smallest absolute Gasteiger partial charge is 0.197 e. The van der Waals surface area contributed by atoms with Gasteiger partial charge < -0.3 is 14.9 Å². The normalized spacial score (nSPS) is 15.1. The molecular formula is C14H13BrClNO2. The average Bonchev–Trinajstić information content (AvgIpc) is 2.97. The molecule has 2 N–H and O–H groups in total. The third-order valence-electron chi connectivity index (χ3n) is 3.31. The van der Waals surface area contributed by atoms with Crippen LogP contribution in [0.5, 0.6) is 5.75 Å². The van der Waals surface area contributed by atoms with Gasteiger partial charge in [-0.1, -0.05) is 15.9 Å². The van der Waals surface area contributed by atoms with Crippen LogP contribution < -0.4 is 10.5 Å². The van der Waals surface area contributed by atoms with Crippen LogP contribution in [0.2, 0.25) is 5.22 Å². The highest BCUT2D eigenvalue weighted by molar-refractivity contribution is 9.10. The highest BCUT2D eigenvalue weighted by Gasteiger charge is 2.21. The second-order valence-corrected chi connectivity index (χ2v) is 5.87. The molecule has 0 bridgehead atoms. The van der Waals surface area contributed by atoms with Crippen molar-refractivity contribution in [3.8, 4) is 5.75 Å². The summed E-state index contributed by atoms with van der Waals surface area (Å²) >= 11 is 9.49. The van der Waals surface area contributed by atoms with Gasteiger partial charge in [0, 0.05) is 22.5 Å². The monoisotopic (exact) mass is 341 g/mol. The van der Waals surface area contributed by atoms with Crippen LogP contribution in [0.1, 0.15) is 22.7 Å². The van der Waals surface area contributed by atoms with E-state index in [-0.39, 0.29) is 6.04 Å². The maximum Gasteiger partial charge on any atom is 0.197 e. The number of benzene rings is 1. The van der Waals surface area contributed by atoms with E-state index in [1.165, 1.54) is 5.56 Å². The summed E-state index contributed by atoms with van der Waals surface area (Å²) in [5, 5.41) is 0.361. The molecule has 1 aromatic carbocycles. The Balaban J connectivity index is 1.90. The number of rotatable bonds is 3. The third-order valence-corrected chi connectivity index (χ3v) is 4.08. The number of hydrogen-bond acceptors (Lipinski definition) is 3. The summed E-state index contributed by atoms with van der Waals surface area (Å²) in [6.45, 7) is 0.737. The van der Waals surface area contributed by atoms with Gasteiger partial charge in [0.25, 0.3) is 0 Å². The number of fused-ring (bicyclic) bond motifs is 1. The lowest BCUT2D eigenvalue weighted by atomic mass is 9.99. The van der Waals surface area contributed by atoms with Crippen LogP contribution in [0.15, 0.2) is 33.4 Å². The summed E-state index contributed by atoms with van der Waals surface area (Å²) in [7, 11) is 0. The van der Waals surface area contributed by atoms with E-state index in [2.05, 4.69) is 28.1 Å². The van der Waals surface area contributed by atoms with Crippen molar-refractivity contribution in [1.82, 2.24) is 0 Å². The molecule has 0 fully saturated rings. The summed E-state index contributed by atoms with van der Waals surface area (Å²) in [5.41, 5.74) is 9.36. The van der Waals surface area contributed by atoms with Crippen LogP contribution in [-0.2, 0) is 12.8 Å². The van der Waals surface area contributed by atoms with Crippen LogP contribution in [0.25, 0.3) is 0 Å². The number of furan rings is 1. The summed E-state index contributed by atoms with van der Waals surface area (Å²) in [6, 6.07) is 5.76. The van der Waals surface area contributed by atoms with Gasteiger partial charge in [-0.25, -0.2) is 0 Å². The molecule has 1 aliphatic rings. The first-order valence-electron chi connectivity index (χ1n) is 6.07. The van der Waals surface area contributed by atoms with Gasteiger partial charge in [0.1, 0.15) is 5.75 Å². The minimum absolute atomic E-state index is 0.200. The summed E-state index contributed by atoms with van der Waals surface area (Å²) in [6.07, 6.45) is 3.17. The first-order valence-corrected chi connectivity index (χ1v) is 7.25. The van der Waals surface area contributed by atoms with E-state index in [0.717, 1.165) is 34.4 Å². The molecule has 3 nitrogen and oxygen atoms in total. The van der Waals surface area contributed by atoms with E-state index in [1.807, 2.05) is 6.07 Å². The van der Waals surface area contributed by atoms with Gasteiger partial charge in [-0.3, -0.25) is 0 Å². The van der Waals surface area contributed by atoms with Crippen molar-refractivity contribution in [1.29, 1.82) is 0 Å². The highest BCUT2D eigenvalue weighted by Crippen LogP contribution is 2.35. The zero-order chi connectivity index (χ0) is 13.4. The number of nitrogens with two attached hydrogens (primary N) is 1. The maximum atomic E-state index is 6.20. The lowest BCUT2D eigenvalue weighted by Crippen LogP contribution is -2.13. The molecule has 100 valence electrons. The van der Waals surface area contributed by atoms with Gasteiger partial charge in [-0.15, -0.1) is 0 Å². The lowest BCUT2D eigenvalue weighted by molar-refractivity contribution is 0.352. The third kappa shape index (κ3) is 2.53. The average molecular weight is 343 g/mol. The van der Waals surface area contributed by atoms with Crippen molar-refractivity contribution >= 4 is 27.5 Å². The van der Waals surface area contributed by atoms with Crippen molar-refractivity contribution in [2.24, 2.45) is 5.73 Å². The lowest BCUT2D eigenvalue weighted by Gasteiger charge is -2.14. The van der Waals surface area contributed by atoms with Crippen LogP contribution in [0.4, 0.5) is 0 Å². The van der Waals surface area contributed by atoms with Crippen molar-refractivity contribution in [2.75, 3.05) is 6.61 Å². The molecule has 0 radical (unpaired) electrons. The van der Waals surface area contributed by atoms with Gasteiger partial charge >= 0.3 is 0 Å². The van der Waals surface area contributed by atoms with Crippen LogP contribution in [-0.4, -0.2) is 6.61 Å². The second kappa shape index (κ2) is 5.19. The molecule has 5 heteroatoms. The molecule has 0 amide bonds. The van der Waals surface area contributed by atoms with E-state index in [0.29, 0.717) is 11.6 Å². The summed E-state index contributed by atoms with van der Waals surface area (Å²) in [5.74, 6) is 0.971. The second-order valence-electron chi connectivity index (χ2n) is 4.61. The molecule has 1 aromatic heterocycles. The zero-order valence-electron chi connectivity index (χ0n) is 10.2. The Morgan fingerprint density at radius 2 is 2.26 bits per heavy atom. The van der Waals surface area contributed by atoms with Crippen LogP contribution >= 0.6 is 27.5 Å². The van der Waals surface area contributed by atoms with Crippen molar-refractivity contribution in [3.05, 3.63) is 50.8 Å². The van der Waals surface area contributed by atoms with Crippen molar-refractivity contribution in [3.63, 3.8) is 0 Å². The predicted octanol–water partition coefficient (Wildman–Crippen LogP) is 3.87. The fraction of sp³-hybridized carbons (Fsp3) is 0.286. The molecule has 1 aliphatic heterocycles. The van der Waals surface area contributed by atoms with Gasteiger partial charge in [-0.2, -0.15) is 0 Å². The minimum Gasteiger partial charge on any atom is -0.493 e. The quantitative estimate of drug-likeness (QED) is 0.921. The molecule has 1 atom stereocenters. The zero-order valence-corrected chi connectivity index (χ0v) is 12.5. The van der Waals surface area contributed by atoms with Crippen LogP contribution in [0.3, 0.4) is 0 Å². The van der Waals surface area contributed by atoms with Gasteiger partial charge in [0.2, 0.25) is 0 Å². The van der Waals surface area contributed by atoms with Gasteiger partial charge in [0.05, 0.1) is 12.9 Å². The minimum atomic E-state index is -0.200. The van der Waals surface area contributed by atoms with E-state index in [4.69, 9.17) is 26.5 Å². The fourth-order valence-electron chi connectivity index (χ4n) is 2.41. The van der Waals surface area contributed by atoms with Crippen molar-refractivity contribution in [2.45, 2.75) is 18.9 Å². The van der Waals surface area contributed by atoms with Gasteiger partial charge in [-0.05, 0) is 47.3 Å². The molecule has 3 rings (SSSR count). The topological polar surface area (TPSA) is 48.4 Å². The molecule has 1 unspecified atom stereocenters. The summed E-state index contributed by atoms with van der Waals surface area (Å²) < 4.78 is 11.8. The molecule has 0 saturated heterocycles. The van der Waals surface area contributed by atoms with Gasteiger partial charge in [0.15, 0.2) is 5.22 Å². The Bertz CT molecular complexity index is 611. The Labute approximate surface area is 124 Å². The number of halogens is 2. The SMILES string of the molecule is NC(Cc1cc(Br)cc2c1OCC2)c1ccoc1Cl. The highest BCUT2D eigenvalue weighted by atomic mass is 79.9. The molecule has 0 aliphatic carbocycles. The molecule has 2 aromatic rings. The Morgan fingerprint density at radius 3 is 3.00 bits per heavy atom. The van der Waals surface area contributed by atoms with Crippen molar-refractivity contribution < 1.29 is 9.15 Å². The van der Waals surface area contributed by atoms with E-state index in [9.17, 15) is 0 Å². The maximum absolute atomic E-state index is 6.20. The summed E-state index contributed by atoms with van der Waals surface area (Å²) in [4.78, 5) is 0. The molecule has 0 spiro atoms. The van der Waals surface area contributed by atoms with E-state index < -0.39 is 0 Å². The molecule has 19 heavy (non-hydrogen) atoms. The molecule has 0 saturated carbocycles. The molecular weight excluding hydrogens is 330 g/mol. The van der Waals surface area contributed by atoms with E-state index >= 15 is 0 Å². The predicted molar refractivity (Wildman–Crippen MR) is 77.7 cm³/mol. The molecule has 2 heterocycles. The Hall–Kier alpha value is -0.970. The Kier molecular flexibility index (Phi) is 3.56. The Morgan fingerprint density at radius 1 is 1.42 bits per heavy atom. The fourth-order valence-corrected chi connectivity index (χ4v) is 3.22. The number of hydrogen-bond donors (Lipinski definition) is 1. The largest absolute Gasteiger partial charge is 0.493 e. The van der Waals surface area contributed by atoms with Crippen LogP contribution in [0, 0.1) is 0 Å². The first-order chi connectivity index (χ1) is 9.15. The van der Waals surface area contributed by atoms with E-state index in [1.54, 1.807) is 6.26 Å². The standard InChI is InChI=1S/C14H13BrClNO2/c15-10-5-8-1-3-18-13(8)9(6-10)7-12(17)11-2-4-19-14(11)16/h2,4-6,12H,1,3,7,17H2. The number of ether oxygens (including phenoxy) is 1.